The van der Waals surface area contributed by atoms with Gasteiger partial charge in [-0.05, 0) is 30.7 Å². The molecule has 1 rings (SSSR count). The van der Waals surface area contributed by atoms with Crippen LogP contribution in [0.4, 0.5) is 0 Å². The maximum absolute atomic E-state index is 12.0. The molecule has 0 aliphatic rings. The van der Waals surface area contributed by atoms with E-state index in [9.17, 15) is 9.59 Å². The lowest BCUT2D eigenvalue weighted by atomic mass is 10.1. The lowest BCUT2D eigenvalue weighted by Crippen LogP contribution is -2.26. The second-order valence-electron chi connectivity index (χ2n) is 4.43. The maximum Gasteiger partial charge on any atom is 0.262 e. The molecular formula is C14H20IN3O2S. The number of benzene rings is 1. The number of rotatable bonds is 8. The van der Waals surface area contributed by atoms with E-state index in [1.54, 1.807) is 15.2 Å². The van der Waals surface area contributed by atoms with E-state index in [1.807, 2.05) is 35.0 Å². The first-order valence-corrected chi connectivity index (χ1v) is 8.66. The van der Waals surface area contributed by atoms with Crippen molar-refractivity contribution in [3.63, 3.8) is 0 Å². The number of amides is 1. The average molecular weight is 421 g/mol. The Labute approximate surface area is 143 Å². The fourth-order valence-corrected chi connectivity index (χ4v) is 2.95. The van der Waals surface area contributed by atoms with Crippen LogP contribution in [0.2, 0.25) is 0 Å². The van der Waals surface area contributed by atoms with Crippen molar-refractivity contribution >= 4 is 45.6 Å². The molecule has 116 valence electrons. The Bertz CT molecular complexity index is 468. The fraction of sp³-hybridized carbons (Fsp3) is 0.429. The maximum atomic E-state index is 12.0. The third-order valence-electron chi connectivity index (χ3n) is 2.73. The summed E-state index contributed by atoms with van der Waals surface area (Å²) < 4.78 is 1.57. The second kappa shape index (κ2) is 10.1. The van der Waals surface area contributed by atoms with Gasteiger partial charge in [-0.1, -0.05) is 23.9 Å². The summed E-state index contributed by atoms with van der Waals surface area (Å²) in [5, 5.41) is 0.155. The van der Waals surface area contributed by atoms with Gasteiger partial charge in [0, 0.05) is 30.8 Å². The molecule has 0 atom stereocenters. The quantitative estimate of drug-likeness (QED) is 0.495. The summed E-state index contributed by atoms with van der Waals surface area (Å²) in [7, 11) is 0. The van der Waals surface area contributed by atoms with Crippen LogP contribution in [0.25, 0.3) is 0 Å². The van der Waals surface area contributed by atoms with Crippen LogP contribution in [0.3, 0.4) is 0 Å². The third kappa shape index (κ3) is 6.77. The zero-order valence-corrected chi connectivity index (χ0v) is 14.7. The molecule has 4 N–H and O–H groups in total. The van der Waals surface area contributed by atoms with Gasteiger partial charge in [0.1, 0.15) is 0 Å². The van der Waals surface area contributed by atoms with Crippen molar-refractivity contribution in [3.8, 4) is 0 Å². The predicted molar refractivity (Wildman–Crippen MR) is 95.1 cm³/mol. The number of carbonyl (C=O) groups excluding carboxylic acids is 2. The summed E-state index contributed by atoms with van der Waals surface area (Å²) in [6.45, 7) is 1.50. The van der Waals surface area contributed by atoms with E-state index < -0.39 is 0 Å². The molecule has 0 aromatic heterocycles. The van der Waals surface area contributed by atoms with Crippen LogP contribution < -0.4 is 11.5 Å². The Morgan fingerprint density at radius 3 is 2.38 bits per heavy atom. The van der Waals surface area contributed by atoms with E-state index in [0.29, 0.717) is 37.4 Å². The first-order chi connectivity index (χ1) is 10.1. The lowest BCUT2D eigenvalue weighted by Gasteiger charge is -2.13. The zero-order valence-electron chi connectivity index (χ0n) is 11.8. The van der Waals surface area contributed by atoms with Gasteiger partial charge in [0.05, 0.1) is 22.9 Å². The molecule has 7 heteroatoms. The number of nitrogens with zero attached hydrogens (tertiary/aromatic N) is 1. The largest absolute Gasteiger partial charge is 0.330 e. The molecule has 0 bridgehead atoms. The highest BCUT2D eigenvalue weighted by Crippen LogP contribution is 2.17. The van der Waals surface area contributed by atoms with Gasteiger partial charge >= 0.3 is 0 Å². The van der Waals surface area contributed by atoms with Crippen molar-refractivity contribution in [2.75, 3.05) is 19.6 Å². The van der Waals surface area contributed by atoms with Crippen molar-refractivity contribution in [1.29, 1.82) is 0 Å². The van der Waals surface area contributed by atoms with Gasteiger partial charge < -0.3 is 11.5 Å². The van der Waals surface area contributed by atoms with Gasteiger partial charge in [-0.3, -0.25) is 12.7 Å². The Morgan fingerprint density at radius 2 is 1.81 bits per heavy atom. The highest BCUT2D eigenvalue weighted by Gasteiger charge is 2.12. The number of halogens is 1. The molecule has 0 saturated heterocycles. The van der Waals surface area contributed by atoms with Crippen molar-refractivity contribution in [2.24, 2.45) is 11.5 Å². The molecule has 21 heavy (non-hydrogen) atoms. The smallest absolute Gasteiger partial charge is 0.262 e. The fourth-order valence-electron chi connectivity index (χ4n) is 1.58. The number of hydrogen-bond acceptors (Lipinski definition) is 5. The van der Waals surface area contributed by atoms with Crippen LogP contribution >= 0.6 is 34.6 Å². The minimum atomic E-state index is -0.0562. The molecule has 0 spiro atoms. The molecule has 0 radical (unpaired) electrons. The summed E-state index contributed by atoms with van der Waals surface area (Å²) in [5.41, 5.74) is 12.5. The Morgan fingerprint density at radius 1 is 1.14 bits per heavy atom. The minimum absolute atomic E-state index is 0.0562. The summed E-state index contributed by atoms with van der Waals surface area (Å²) >= 11 is 3.25. The van der Waals surface area contributed by atoms with Gasteiger partial charge in [0.25, 0.3) is 5.91 Å². The molecule has 1 aromatic rings. The van der Waals surface area contributed by atoms with Gasteiger partial charge in [0.2, 0.25) is 0 Å². The number of hydrogen-bond donors (Lipinski definition) is 2. The SMILES string of the molecule is NCCCC(=O)SCc1ccc(C(=O)N(I)CCN)cc1. The Hall–Kier alpha value is -0.640. The number of carbonyl (C=O) groups is 2. The van der Waals surface area contributed by atoms with Gasteiger partial charge in [0.15, 0.2) is 5.12 Å². The van der Waals surface area contributed by atoms with Crippen LogP contribution in [0, 0.1) is 0 Å². The van der Waals surface area contributed by atoms with Gasteiger partial charge in [-0.15, -0.1) is 0 Å². The molecule has 0 aliphatic carbocycles. The van der Waals surface area contributed by atoms with Crippen LogP contribution in [0.5, 0.6) is 0 Å². The van der Waals surface area contributed by atoms with Gasteiger partial charge in [-0.2, -0.15) is 0 Å². The highest BCUT2D eigenvalue weighted by molar-refractivity contribution is 14.1. The molecule has 0 saturated carbocycles. The normalized spacial score (nSPS) is 10.4. The monoisotopic (exact) mass is 421 g/mol. The summed E-state index contributed by atoms with van der Waals surface area (Å²) in [6, 6.07) is 7.32. The first kappa shape index (κ1) is 18.4. The van der Waals surface area contributed by atoms with E-state index in [-0.39, 0.29) is 11.0 Å². The lowest BCUT2D eigenvalue weighted by molar-refractivity contribution is -0.111. The van der Waals surface area contributed by atoms with Crippen LogP contribution in [0.15, 0.2) is 24.3 Å². The molecule has 0 heterocycles. The molecule has 0 aliphatic heterocycles. The summed E-state index contributed by atoms with van der Waals surface area (Å²) in [5.74, 6) is 0.563. The van der Waals surface area contributed by atoms with E-state index in [0.717, 1.165) is 12.0 Å². The van der Waals surface area contributed by atoms with E-state index >= 15 is 0 Å². The topological polar surface area (TPSA) is 89.4 Å². The first-order valence-electron chi connectivity index (χ1n) is 6.70. The van der Waals surface area contributed by atoms with E-state index in [1.165, 1.54) is 11.8 Å². The number of thioether (sulfide) groups is 1. The molecular weight excluding hydrogens is 401 g/mol. The van der Waals surface area contributed by atoms with Gasteiger partial charge in [-0.25, -0.2) is 0 Å². The predicted octanol–water partition coefficient (Wildman–Crippen LogP) is 1.94. The molecule has 0 fully saturated rings. The summed E-state index contributed by atoms with van der Waals surface area (Å²) in [4.78, 5) is 23.6. The molecule has 0 unspecified atom stereocenters. The average Bonchev–Trinajstić information content (AvgIpc) is 2.51. The third-order valence-corrected chi connectivity index (χ3v) is 4.66. The molecule has 1 aromatic carbocycles. The number of nitrogens with two attached hydrogens (primary N) is 2. The van der Waals surface area contributed by atoms with Crippen molar-refractivity contribution < 1.29 is 9.59 Å². The minimum Gasteiger partial charge on any atom is -0.330 e. The van der Waals surface area contributed by atoms with E-state index in [4.69, 9.17) is 11.5 Å². The standard InChI is InChI=1S/C14H20IN3O2S/c15-18(9-8-17)14(20)12-5-3-11(4-6-12)10-21-13(19)2-1-7-16/h3-6H,1-2,7-10,16-17H2. The van der Waals surface area contributed by atoms with Crippen LogP contribution in [0.1, 0.15) is 28.8 Å². The zero-order chi connectivity index (χ0) is 15.7. The molecule has 5 nitrogen and oxygen atoms in total. The Kier molecular flexibility index (Phi) is 8.90. The highest BCUT2D eigenvalue weighted by atomic mass is 127. The summed E-state index contributed by atoms with van der Waals surface area (Å²) in [6.07, 6.45) is 1.24. The van der Waals surface area contributed by atoms with E-state index in [2.05, 4.69) is 0 Å². The van der Waals surface area contributed by atoms with Crippen molar-refractivity contribution in [1.82, 2.24) is 3.11 Å². The molecule has 1 amide bonds. The van der Waals surface area contributed by atoms with Crippen molar-refractivity contribution in [2.45, 2.75) is 18.6 Å². The van der Waals surface area contributed by atoms with Crippen molar-refractivity contribution in [3.05, 3.63) is 35.4 Å². The van der Waals surface area contributed by atoms with Crippen LogP contribution in [-0.4, -0.2) is 33.8 Å². The van der Waals surface area contributed by atoms with Crippen LogP contribution in [-0.2, 0) is 10.5 Å². The Balaban J connectivity index is 2.50. The second-order valence-corrected chi connectivity index (χ2v) is 6.63.